The molecule has 2 aliphatic rings. The van der Waals surface area contributed by atoms with E-state index in [1.807, 2.05) is 37.3 Å². The lowest BCUT2D eigenvalue weighted by atomic mass is 9.88. The second-order valence-corrected chi connectivity index (χ2v) is 6.17. The van der Waals surface area contributed by atoms with Gasteiger partial charge in [-0.2, -0.15) is 0 Å². The lowest BCUT2D eigenvalue weighted by Crippen LogP contribution is -2.50. The Balaban J connectivity index is 1.75. The molecule has 108 valence electrons. The Labute approximate surface area is 119 Å². The number of carbonyl (C=O) groups excluding carboxylic acids is 1. The number of benzene rings is 1. The summed E-state index contributed by atoms with van der Waals surface area (Å²) < 4.78 is 0. The van der Waals surface area contributed by atoms with Crippen LogP contribution in [0.3, 0.4) is 0 Å². The van der Waals surface area contributed by atoms with E-state index in [0.717, 1.165) is 24.9 Å². The second-order valence-electron chi connectivity index (χ2n) is 6.17. The predicted octanol–water partition coefficient (Wildman–Crippen LogP) is 1.10. The molecule has 2 N–H and O–H groups in total. The maximum Gasteiger partial charge on any atom is 0.224 e. The maximum absolute atomic E-state index is 11.8. The van der Waals surface area contributed by atoms with Gasteiger partial charge in [0.1, 0.15) is 0 Å². The summed E-state index contributed by atoms with van der Waals surface area (Å²) in [5.74, 6) is 0.286. The summed E-state index contributed by atoms with van der Waals surface area (Å²) in [5.41, 5.74) is 0.0498. The van der Waals surface area contributed by atoms with Crippen molar-refractivity contribution in [2.24, 2.45) is 5.92 Å². The second kappa shape index (κ2) is 5.19. The average molecular weight is 274 g/mol. The first-order chi connectivity index (χ1) is 9.58. The molecule has 2 fully saturated rings. The normalized spacial score (nSPS) is 29.6. The van der Waals surface area contributed by atoms with Gasteiger partial charge in [-0.15, -0.1) is 0 Å². The van der Waals surface area contributed by atoms with Crippen LogP contribution < -0.4 is 5.32 Å². The van der Waals surface area contributed by atoms with E-state index in [1.54, 1.807) is 0 Å². The van der Waals surface area contributed by atoms with Crippen molar-refractivity contribution in [3.8, 4) is 0 Å². The molecular formula is C16H22N2O2. The van der Waals surface area contributed by atoms with E-state index in [-0.39, 0.29) is 17.9 Å². The molecule has 0 radical (unpaired) electrons. The molecule has 1 amide bonds. The van der Waals surface area contributed by atoms with Crippen molar-refractivity contribution in [1.29, 1.82) is 0 Å². The highest BCUT2D eigenvalue weighted by Gasteiger charge is 2.42. The fourth-order valence-electron chi connectivity index (χ4n) is 3.52. The summed E-state index contributed by atoms with van der Waals surface area (Å²) in [6, 6.07) is 10.0. The number of amides is 1. The van der Waals surface area contributed by atoms with Crippen LogP contribution in [0.25, 0.3) is 0 Å². The number of nitrogens with zero attached hydrogens (tertiary/aromatic N) is 1. The van der Waals surface area contributed by atoms with Crippen LogP contribution in [-0.2, 0) is 10.4 Å². The van der Waals surface area contributed by atoms with Gasteiger partial charge in [-0.3, -0.25) is 9.69 Å². The largest absolute Gasteiger partial charge is 0.384 e. The van der Waals surface area contributed by atoms with Crippen LogP contribution in [0.5, 0.6) is 0 Å². The Hall–Kier alpha value is -1.39. The van der Waals surface area contributed by atoms with Gasteiger partial charge in [-0.25, -0.2) is 0 Å². The molecule has 0 bridgehead atoms. The van der Waals surface area contributed by atoms with E-state index >= 15 is 0 Å². The Morgan fingerprint density at radius 3 is 2.90 bits per heavy atom. The molecule has 2 aliphatic heterocycles. The van der Waals surface area contributed by atoms with Crippen molar-refractivity contribution in [2.75, 3.05) is 19.6 Å². The number of rotatable bonds is 3. The van der Waals surface area contributed by atoms with Crippen molar-refractivity contribution in [3.05, 3.63) is 35.9 Å². The van der Waals surface area contributed by atoms with Gasteiger partial charge in [0.25, 0.3) is 0 Å². The number of β-amino-alcohol motifs (C(OH)–C–C–N with tert-alkyl or cyclic N) is 1. The Morgan fingerprint density at radius 2 is 2.15 bits per heavy atom. The lowest BCUT2D eigenvalue weighted by molar-refractivity contribution is -0.124. The summed E-state index contributed by atoms with van der Waals surface area (Å²) in [7, 11) is 0. The molecule has 1 aromatic rings. The average Bonchev–Trinajstić information content (AvgIpc) is 2.83. The van der Waals surface area contributed by atoms with E-state index in [0.29, 0.717) is 13.1 Å². The number of hydrogen-bond acceptors (Lipinski definition) is 3. The minimum Gasteiger partial charge on any atom is -0.384 e. The van der Waals surface area contributed by atoms with Crippen LogP contribution in [-0.4, -0.2) is 41.6 Å². The molecule has 0 saturated carbocycles. The zero-order valence-corrected chi connectivity index (χ0v) is 11.9. The van der Waals surface area contributed by atoms with E-state index in [1.165, 1.54) is 0 Å². The highest BCUT2D eigenvalue weighted by atomic mass is 16.3. The van der Waals surface area contributed by atoms with Crippen molar-refractivity contribution in [2.45, 2.75) is 31.4 Å². The Morgan fingerprint density at radius 1 is 1.40 bits per heavy atom. The van der Waals surface area contributed by atoms with Gasteiger partial charge in [0.2, 0.25) is 5.91 Å². The molecule has 3 rings (SSSR count). The number of piperidine rings is 1. The number of hydrogen-bond donors (Lipinski definition) is 2. The van der Waals surface area contributed by atoms with Crippen LogP contribution in [0, 0.1) is 5.92 Å². The maximum atomic E-state index is 11.8. The van der Waals surface area contributed by atoms with Gasteiger partial charge in [0.15, 0.2) is 0 Å². The summed E-state index contributed by atoms with van der Waals surface area (Å²) in [5, 5.41) is 13.7. The minimum absolute atomic E-state index is 0.107. The number of likely N-dealkylation sites (tertiary alicyclic amines) is 1. The van der Waals surface area contributed by atoms with Gasteiger partial charge < -0.3 is 10.4 Å². The van der Waals surface area contributed by atoms with Crippen LogP contribution in [0.15, 0.2) is 30.3 Å². The van der Waals surface area contributed by atoms with Crippen molar-refractivity contribution >= 4 is 5.91 Å². The van der Waals surface area contributed by atoms with Gasteiger partial charge >= 0.3 is 0 Å². The number of carbonyl (C=O) groups is 1. The third kappa shape index (κ3) is 2.45. The summed E-state index contributed by atoms with van der Waals surface area (Å²) >= 11 is 0. The minimum atomic E-state index is -0.880. The molecule has 4 heteroatoms. The van der Waals surface area contributed by atoms with Crippen LogP contribution in [0.4, 0.5) is 0 Å². The molecule has 1 aromatic carbocycles. The van der Waals surface area contributed by atoms with E-state index in [4.69, 9.17) is 0 Å². The molecule has 3 unspecified atom stereocenters. The fraction of sp³-hybridized carbons (Fsp3) is 0.562. The van der Waals surface area contributed by atoms with Crippen molar-refractivity contribution in [1.82, 2.24) is 10.2 Å². The highest BCUT2D eigenvalue weighted by molar-refractivity contribution is 5.82. The van der Waals surface area contributed by atoms with Crippen LogP contribution in [0.2, 0.25) is 0 Å². The highest BCUT2D eigenvalue weighted by Crippen LogP contribution is 2.30. The lowest BCUT2D eigenvalue weighted by Gasteiger charge is -2.40. The first-order valence-electron chi connectivity index (χ1n) is 7.37. The molecule has 20 heavy (non-hydrogen) atoms. The van der Waals surface area contributed by atoms with Crippen molar-refractivity contribution < 1.29 is 9.90 Å². The molecule has 4 nitrogen and oxygen atoms in total. The monoisotopic (exact) mass is 274 g/mol. The van der Waals surface area contributed by atoms with Crippen molar-refractivity contribution in [3.63, 3.8) is 0 Å². The molecule has 3 atom stereocenters. The fourth-order valence-corrected chi connectivity index (χ4v) is 3.52. The zero-order chi connectivity index (χ0) is 14.2. The van der Waals surface area contributed by atoms with E-state index in [9.17, 15) is 9.90 Å². The van der Waals surface area contributed by atoms with Crippen LogP contribution >= 0.6 is 0 Å². The van der Waals surface area contributed by atoms with Crippen LogP contribution in [0.1, 0.15) is 25.3 Å². The number of nitrogens with one attached hydrogen (secondary N) is 1. The van der Waals surface area contributed by atoms with Gasteiger partial charge in [0.05, 0.1) is 11.5 Å². The first kappa shape index (κ1) is 13.6. The Bertz CT molecular complexity index is 487. The molecule has 0 aromatic heterocycles. The summed E-state index contributed by atoms with van der Waals surface area (Å²) in [6.45, 7) is 4.11. The van der Waals surface area contributed by atoms with Gasteiger partial charge in [0, 0.05) is 19.1 Å². The smallest absolute Gasteiger partial charge is 0.224 e. The zero-order valence-electron chi connectivity index (χ0n) is 11.9. The molecule has 0 aliphatic carbocycles. The first-order valence-corrected chi connectivity index (χ1v) is 7.37. The quantitative estimate of drug-likeness (QED) is 0.868. The third-order valence-corrected chi connectivity index (χ3v) is 4.62. The summed E-state index contributed by atoms with van der Waals surface area (Å²) in [6.07, 6.45) is 2.00. The van der Waals surface area contributed by atoms with Gasteiger partial charge in [-0.1, -0.05) is 30.3 Å². The Kier molecular flexibility index (Phi) is 3.52. The predicted molar refractivity (Wildman–Crippen MR) is 77.1 cm³/mol. The van der Waals surface area contributed by atoms with E-state index in [2.05, 4.69) is 10.2 Å². The topological polar surface area (TPSA) is 52.6 Å². The molecule has 0 spiro atoms. The number of aliphatic hydroxyl groups is 1. The SMILES string of the molecule is CC(O)(CN1CCCC2C(=O)NCC21)c1ccccc1. The standard InChI is InChI=1S/C16H22N2O2/c1-16(20,12-6-3-2-4-7-12)11-18-9-5-8-13-14(18)10-17-15(13)19/h2-4,6-7,13-14,20H,5,8-11H2,1H3,(H,17,19). The molecule has 2 saturated heterocycles. The van der Waals surface area contributed by atoms with E-state index < -0.39 is 5.60 Å². The molecule has 2 heterocycles. The summed E-state index contributed by atoms with van der Waals surface area (Å²) in [4.78, 5) is 14.1. The number of fused-ring (bicyclic) bond motifs is 1. The molecular weight excluding hydrogens is 252 g/mol. The third-order valence-electron chi connectivity index (χ3n) is 4.62. The van der Waals surface area contributed by atoms with Gasteiger partial charge in [-0.05, 0) is 31.9 Å².